The molecule has 0 amide bonds. The van der Waals surface area contributed by atoms with E-state index in [0.29, 0.717) is 16.1 Å². The van der Waals surface area contributed by atoms with Crippen molar-refractivity contribution in [1.29, 1.82) is 0 Å². The van der Waals surface area contributed by atoms with Crippen molar-refractivity contribution in [3.8, 4) is 5.75 Å². The van der Waals surface area contributed by atoms with Crippen molar-refractivity contribution in [2.75, 3.05) is 11.6 Å². The van der Waals surface area contributed by atoms with Crippen LogP contribution in [-0.4, -0.2) is 21.0 Å². The van der Waals surface area contributed by atoms with E-state index in [9.17, 15) is 0 Å². The molecule has 3 heterocycles. The summed E-state index contributed by atoms with van der Waals surface area (Å²) in [6.07, 6.45) is 1.67. The van der Waals surface area contributed by atoms with Gasteiger partial charge >= 0.3 is 0 Å². The second-order valence-corrected chi connectivity index (χ2v) is 10.5. The molecule has 0 saturated carbocycles. The number of aryl methyl sites for hydroxylation is 1. The molecule has 0 saturated heterocycles. The average Bonchev–Trinajstić information content (AvgIpc) is 3.27. The molecular formula is C26H20BrClN4OS. The summed E-state index contributed by atoms with van der Waals surface area (Å²) in [5.74, 6) is 1.49. The molecule has 0 bridgehead atoms. The lowest BCUT2D eigenvalue weighted by Crippen LogP contribution is -2.32. The number of benzene rings is 3. The maximum Gasteiger partial charge on any atom is 0.227 e. The van der Waals surface area contributed by atoms with Crippen LogP contribution < -0.4 is 10.1 Å². The van der Waals surface area contributed by atoms with Gasteiger partial charge in [-0.3, -0.25) is 0 Å². The Morgan fingerprint density at radius 2 is 1.76 bits per heavy atom. The van der Waals surface area contributed by atoms with Gasteiger partial charge < -0.3 is 10.1 Å². The van der Waals surface area contributed by atoms with Gasteiger partial charge in [0.2, 0.25) is 11.1 Å². The number of fused-ring (bicyclic) bond motifs is 3. The van der Waals surface area contributed by atoms with Crippen LogP contribution in [0.4, 0.5) is 5.95 Å². The molecule has 0 unspecified atom stereocenters. The molecule has 3 aromatic carbocycles. The number of hydrogen-bond acceptors (Lipinski definition) is 5. The van der Waals surface area contributed by atoms with E-state index < -0.39 is 0 Å². The van der Waals surface area contributed by atoms with E-state index in [0.717, 1.165) is 38.2 Å². The number of hydrogen-bond donors (Lipinski definition) is 1. The number of nitrogens with zero attached hydrogens (tertiary/aromatic N) is 3. The second-order valence-electron chi connectivity index (χ2n) is 8.33. The van der Waals surface area contributed by atoms with Crippen molar-refractivity contribution in [3.63, 3.8) is 0 Å². The smallest absolute Gasteiger partial charge is 0.227 e. The molecule has 4 aromatic rings. The van der Waals surface area contributed by atoms with E-state index in [4.69, 9.17) is 26.4 Å². The van der Waals surface area contributed by atoms with Crippen LogP contribution in [0.1, 0.15) is 34.4 Å². The molecule has 2 aliphatic heterocycles. The number of aromatic nitrogens is 3. The average molecular weight is 552 g/mol. The third-order valence-corrected chi connectivity index (χ3v) is 7.46. The molecule has 1 aromatic heterocycles. The third-order valence-electron chi connectivity index (χ3n) is 6.16. The molecule has 1 N–H and O–H groups in total. The van der Waals surface area contributed by atoms with Crippen LogP contribution in [0.15, 0.2) is 81.9 Å². The summed E-state index contributed by atoms with van der Waals surface area (Å²) in [7, 11) is 0. The Morgan fingerprint density at radius 3 is 2.50 bits per heavy atom. The molecule has 2 atom stereocenters. The zero-order chi connectivity index (χ0) is 23.4. The van der Waals surface area contributed by atoms with Crippen molar-refractivity contribution in [2.24, 2.45) is 0 Å². The van der Waals surface area contributed by atoms with Crippen LogP contribution in [0.5, 0.6) is 5.75 Å². The molecule has 8 heteroatoms. The summed E-state index contributed by atoms with van der Waals surface area (Å²) in [6, 6.07) is 22.4. The molecule has 2 aliphatic rings. The standard InChI is InChI=1S/C26H20BrClN4OS/c1-14-3-5-15(6-4-14)23-21-22(29-25-30-26(34-2)31-32(23)25)19-13-18(28)11-12-20(19)33-24(21)16-7-9-17(27)10-8-16/h3-13,23-24H,1-2H3,(H,29,30,31)/t23-,24+/m1/s1. The first-order valence-corrected chi connectivity index (χ1v) is 13.2. The Bertz CT molecular complexity index is 1430. The Morgan fingerprint density at radius 1 is 1.03 bits per heavy atom. The van der Waals surface area contributed by atoms with Gasteiger partial charge in [-0.25, -0.2) is 4.68 Å². The van der Waals surface area contributed by atoms with Gasteiger partial charge in [0.1, 0.15) is 17.9 Å². The van der Waals surface area contributed by atoms with Crippen molar-refractivity contribution in [1.82, 2.24) is 14.8 Å². The summed E-state index contributed by atoms with van der Waals surface area (Å²) in [5, 5.41) is 9.78. The van der Waals surface area contributed by atoms with E-state index in [1.807, 2.05) is 41.3 Å². The highest BCUT2D eigenvalue weighted by molar-refractivity contribution is 9.10. The monoisotopic (exact) mass is 550 g/mol. The summed E-state index contributed by atoms with van der Waals surface area (Å²) >= 11 is 11.5. The van der Waals surface area contributed by atoms with Gasteiger partial charge in [-0.2, -0.15) is 4.98 Å². The normalized spacial score (nSPS) is 18.5. The minimum absolute atomic E-state index is 0.193. The van der Waals surface area contributed by atoms with Gasteiger partial charge in [0.15, 0.2) is 0 Å². The summed E-state index contributed by atoms with van der Waals surface area (Å²) in [4.78, 5) is 4.75. The molecule has 0 radical (unpaired) electrons. The first-order chi connectivity index (χ1) is 16.5. The highest BCUT2D eigenvalue weighted by atomic mass is 79.9. The lowest BCUT2D eigenvalue weighted by molar-refractivity contribution is 0.223. The van der Waals surface area contributed by atoms with Crippen LogP contribution in [0.25, 0.3) is 5.70 Å². The van der Waals surface area contributed by atoms with Crippen molar-refractivity contribution in [2.45, 2.75) is 24.2 Å². The van der Waals surface area contributed by atoms with Crippen LogP contribution in [0.2, 0.25) is 5.02 Å². The van der Waals surface area contributed by atoms with Gasteiger partial charge in [-0.1, -0.05) is 81.3 Å². The zero-order valence-electron chi connectivity index (χ0n) is 18.4. The SMILES string of the molecule is CSc1nc2n(n1)[C@H](c1ccc(C)cc1)C1=C(N2)c2cc(Cl)ccc2O[C@H]1c1ccc(Br)cc1. The minimum atomic E-state index is -0.314. The van der Waals surface area contributed by atoms with Gasteiger partial charge in [0, 0.05) is 20.6 Å². The van der Waals surface area contributed by atoms with Gasteiger partial charge in [0.25, 0.3) is 0 Å². The molecule has 0 aliphatic carbocycles. The second kappa shape index (κ2) is 8.48. The first-order valence-electron chi connectivity index (χ1n) is 10.8. The fourth-order valence-electron chi connectivity index (χ4n) is 4.55. The van der Waals surface area contributed by atoms with Crippen molar-refractivity contribution in [3.05, 3.63) is 104 Å². The van der Waals surface area contributed by atoms with Crippen LogP contribution in [0.3, 0.4) is 0 Å². The molecule has 6 rings (SSSR count). The Kier molecular flexibility index (Phi) is 5.43. The van der Waals surface area contributed by atoms with Crippen molar-refractivity contribution >= 4 is 50.9 Å². The topological polar surface area (TPSA) is 52.0 Å². The predicted molar refractivity (Wildman–Crippen MR) is 141 cm³/mol. The molecule has 5 nitrogen and oxygen atoms in total. The number of ether oxygens (including phenoxy) is 1. The lowest BCUT2D eigenvalue weighted by Gasteiger charge is -2.39. The largest absolute Gasteiger partial charge is 0.480 e. The number of rotatable bonds is 3. The van der Waals surface area contributed by atoms with E-state index in [2.05, 4.69) is 64.6 Å². The number of nitrogens with one attached hydrogen (secondary N) is 1. The molecule has 0 fully saturated rings. The molecule has 170 valence electrons. The number of anilines is 1. The van der Waals surface area contributed by atoms with Gasteiger partial charge in [0.05, 0.1) is 5.70 Å². The predicted octanol–water partition coefficient (Wildman–Crippen LogP) is 7.28. The quantitative estimate of drug-likeness (QED) is 0.271. The Hall–Kier alpha value is -2.74. The third kappa shape index (κ3) is 3.63. The first kappa shape index (κ1) is 21.8. The lowest BCUT2D eigenvalue weighted by atomic mass is 9.84. The molecule has 34 heavy (non-hydrogen) atoms. The van der Waals surface area contributed by atoms with Crippen LogP contribution in [0, 0.1) is 6.92 Å². The van der Waals surface area contributed by atoms with Gasteiger partial charge in [-0.15, -0.1) is 5.10 Å². The van der Waals surface area contributed by atoms with E-state index in [1.54, 1.807) is 0 Å². The summed E-state index contributed by atoms with van der Waals surface area (Å²) < 4.78 is 9.66. The van der Waals surface area contributed by atoms with E-state index in [-0.39, 0.29) is 12.1 Å². The number of thioether (sulfide) groups is 1. The molecular weight excluding hydrogens is 532 g/mol. The molecule has 0 spiro atoms. The fraction of sp³-hybridized carbons (Fsp3) is 0.154. The van der Waals surface area contributed by atoms with E-state index >= 15 is 0 Å². The van der Waals surface area contributed by atoms with Crippen LogP contribution >= 0.6 is 39.3 Å². The van der Waals surface area contributed by atoms with Crippen molar-refractivity contribution < 1.29 is 4.74 Å². The number of halogens is 2. The maximum atomic E-state index is 6.67. The highest BCUT2D eigenvalue weighted by Gasteiger charge is 2.41. The summed E-state index contributed by atoms with van der Waals surface area (Å²) in [6.45, 7) is 2.09. The zero-order valence-corrected chi connectivity index (χ0v) is 21.6. The fourth-order valence-corrected chi connectivity index (χ4v) is 5.33. The van der Waals surface area contributed by atoms with Gasteiger partial charge in [-0.05, 0) is 54.6 Å². The maximum absolute atomic E-state index is 6.67. The Balaban J connectivity index is 1.63. The minimum Gasteiger partial charge on any atom is -0.480 e. The van der Waals surface area contributed by atoms with Crippen LogP contribution in [-0.2, 0) is 0 Å². The highest BCUT2D eigenvalue weighted by Crippen LogP contribution is 2.51. The Labute approximate surface area is 215 Å². The summed E-state index contributed by atoms with van der Waals surface area (Å²) in [5.41, 5.74) is 6.35. The van der Waals surface area contributed by atoms with E-state index in [1.165, 1.54) is 17.3 Å².